The number of likely N-dealkylation sites (tertiary alicyclic amines) is 1. The number of aryl methyl sites for hydroxylation is 1. The van der Waals surface area contributed by atoms with E-state index in [9.17, 15) is 9.59 Å². The maximum atomic E-state index is 12.7. The van der Waals surface area contributed by atoms with Gasteiger partial charge in [-0.05, 0) is 44.4 Å². The molecule has 0 unspecified atom stereocenters. The molecule has 0 aliphatic carbocycles. The number of hydrogen-bond acceptors (Lipinski definition) is 5. The van der Waals surface area contributed by atoms with Crippen molar-refractivity contribution < 1.29 is 9.53 Å². The van der Waals surface area contributed by atoms with E-state index in [4.69, 9.17) is 4.74 Å². The van der Waals surface area contributed by atoms with E-state index >= 15 is 0 Å². The first-order valence-electron chi connectivity index (χ1n) is 8.95. The first-order chi connectivity index (χ1) is 12.6. The Bertz CT molecular complexity index is 841. The van der Waals surface area contributed by atoms with E-state index in [1.54, 1.807) is 19.2 Å². The molecule has 138 valence electrons. The smallest absolute Gasteiger partial charge is 0.294 e. The van der Waals surface area contributed by atoms with Gasteiger partial charge in [-0.2, -0.15) is 5.10 Å². The molecule has 1 fully saturated rings. The third kappa shape index (κ3) is 3.87. The van der Waals surface area contributed by atoms with Crippen LogP contribution in [0, 0.1) is 0 Å². The lowest BCUT2D eigenvalue weighted by atomic mass is 10.1. The second-order valence-corrected chi connectivity index (χ2v) is 6.30. The molecule has 3 rings (SSSR count). The molecule has 0 saturated carbocycles. The van der Waals surface area contributed by atoms with Crippen LogP contribution in [0.25, 0.3) is 0 Å². The SMILES string of the molecule is CCOc1cnn(C)c(=O)c1Nc1cccc(C(=O)N2CCCCC2)c1. The molecule has 26 heavy (non-hydrogen) atoms. The van der Waals surface area contributed by atoms with Crippen molar-refractivity contribution in [2.45, 2.75) is 26.2 Å². The van der Waals surface area contributed by atoms with Gasteiger partial charge in [-0.15, -0.1) is 0 Å². The van der Waals surface area contributed by atoms with Gasteiger partial charge in [-0.1, -0.05) is 6.07 Å². The predicted molar refractivity (Wildman–Crippen MR) is 100 cm³/mol. The van der Waals surface area contributed by atoms with Gasteiger partial charge in [0.05, 0.1) is 12.8 Å². The minimum atomic E-state index is -0.288. The first kappa shape index (κ1) is 18.0. The van der Waals surface area contributed by atoms with Crippen LogP contribution in [0.2, 0.25) is 0 Å². The third-order valence-corrected chi connectivity index (χ3v) is 4.42. The molecule has 2 aromatic rings. The summed E-state index contributed by atoms with van der Waals surface area (Å²) in [7, 11) is 1.58. The molecule has 0 atom stereocenters. The molecule has 0 radical (unpaired) electrons. The molecular formula is C19H24N4O3. The van der Waals surface area contributed by atoms with Gasteiger partial charge in [0.15, 0.2) is 11.4 Å². The average molecular weight is 356 g/mol. The Morgan fingerprint density at radius 2 is 2.04 bits per heavy atom. The van der Waals surface area contributed by atoms with Crippen molar-refractivity contribution in [2.75, 3.05) is 25.0 Å². The number of benzene rings is 1. The third-order valence-electron chi connectivity index (χ3n) is 4.42. The van der Waals surface area contributed by atoms with E-state index in [1.807, 2.05) is 24.0 Å². The number of nitrogens with zero attached hydrogens (tertiary/aromatic N) is 3. The Hall–Kier alpha value is -2.83. The molecule has 7 heteroatoms. The summed E-state index contributed by atoms with van der Waals surface area (Å²) in [5.41, 5.74) is 1.30. The van der Waals surface area contributed by atoms with Crippen molar-refractivity contribution >= 4 is 17.3 Å². The highest BCUT2D eigenvalue weighted by molar-refractivity contribution is 5.95. The summed E-state index contributed by atoms with van der Waals surface area (Å²) in [5, 5.41) is 7.08. The highest BCUT2D eigenvalue weighted by Gasteiger charge is 2.19. The van der Waals surface area contributed by atoms with E-state index in [1.165, 1.54) is 17.3 Å². The van der Waals surface area contributed by atoms with Crippen molar-refractivity contribution in [3.05, 3.63) is 46.4 Å². The number of nitrogens with one attached hydrogen (secondary N) is 1. The fraction of sp³-hybridized carbons (Fsp3) is 0.421. The zero-order chi connectivity index (χ0) is 18.5. The number of piperidine rings is 1. The van der Waals surface area contributed by atoms with Gasteiger partial charge in [0, 0.05) is 31.4 Å². The summed E-state index contributed by atoms with van der Waals surface area (Å²) in [6, 6.07) is 7.21. The molecule has 1 aliphatic rings. The molecule has 0 bridgehead atoms. The van der Waals surface area contributed by atoms with Crippen molar-refractivity contribution in [1.82, 2.24) is 14.7 Å². The highest BCUT2D eigenvalue weighted by atomic mass is 16.5. The Morgan fingerprint density at radius 1 is 1.27 bits per heavy atom. The number of ether oxygens (including phenoxy) is 1. The lowest BCUT2D eigenvalue weighted by molar-refractivity contribution is 0.0724. The van der Waals surface area contributed by atoms with E-state index in [-0.39, 0.29) is 11.5 Å². The zero-order valence-electron chi connectivity index (χ0n) is 15.2. The molecule has 7 nitrogen and oxygen atoms in total. The van der Waals surface area contributed by atoms with Gasteiger partial charge in [-0.25, -0.2) is 4.68 Å². The topological polar surface area (TPSA) is 76.5 Å². The zero-order valence-corrected chi connectivity index (χ0v) is 15.2. The van der Waals surface area contributed by atoms with Gasteiger partial charge in [-0.3, -0.25) is 9.59 Å². The average Bonchev–Trinajstić information content (AvgIpc) is 2.68. The fourth-order valence-electron chi connectivity index (χ4n) is 3.06. The number of carbonyl (C=O) groups is 1. The molecule has 2 heterocycles. The van der Waals surface area contributed by atoms with Crippen LogP contribution >= 0.6 is 0 Å². The number of hydrogen-bond donors (Lipinski definition) is 1. The Labute approximate surface area is 152 Å². The van der Waals surface area contributed by atoms with Crippen molar-refractivity contribution in [3.63, 3.8) is 0 Å². The molecule has 1 amide bonds. The van der Waals surface area contributed by atoms with Gasteiger partial charge >= 0.3 is 0 Å². The standard InChI is InChI=1S/C19H24N4O3/c1-3-26-16-13-20-22(2)19(25)17(16)21-15-9-7-8-14(12-15)18(24)23-10-5-4-6-11-23/h7-9,12-13,21H,3-6,10-11H2,1-2H3. The molecular weight excluding hydrogens is 332 g/mol. The predicted octanol–water partition coefficient (Wildman–Crippen LogP) is 2.55. The van der Waals surface area contributed by atoms with Crippen LogP contribution in [0.4, 0.5) is 11.4 Å². The fourth-order valence-corrected chi connectivity index (χ4v) is 3.06. The maximum Gasteiger partial charge on any atom is 0.294 e. The Balaban J connectivity index is 1.86. The number of aromatic nitrogens is 2. The van der Waals surface area contributed by atoms with Crippen LogP contribution in [0.1, 0.15) is 36.5 Å². The lowest BCUT2D eigenvalue weighted by Crippen LogP contribution is -2.35. The van der Waals surface area contributed by atoms with Crippen LogP contribution in [0.5, 0.6) is 5.75 Å². The number of amides is 1. The van der Waals surface area contributed by atoms with Gasteiger partial charge < -0.3 is 15.0 Å². The van der Waals surface area contributed by atoms with Crippen LogP contribution in [-0.2, 0) is 7.05 Å². The summed E-state index contributed by atoms with van der Waals surface area (Å²) in [4.78, 5) is 27.0. The quantitative estimate of drug-likeness (QED) is 0.891. The van der Waals surface area contributed by atoms with Crippen molar-refractivity contribution in [1.29, 1.82) is 0 Å². The van der Waals surface area contributed by atoms with Crippen LogP contribution in [0.15, 0.2) is 35.3 Å². The largest absolute Gasteiger partial charge is 0.490 e. The summed E-state index contributed by atoms with van der Waals surface area (Å²) < 4.78 is 6.75. The van der Waals surface area contributed by atoms with Gasteiger partial charge in [0.1, 0.15) is 0 Å². The highest BCUT2D eigenvalue weighted by Crippen LogP contribution is 2.24. The molecule has 0 spiro atoms. The number of rotatable bonds is 5. The Kier molecular flexibility index (Phi) is 5.55. The van der Waals surface area contributed by atoms with Crippen LogP contribution in [0.3, 0.4) is 0 Å². The van der Waals surface area contributed by atoms with E-state index < -0.39 is 0 Å². The summed E-state index contributed by atoms with van der Waals surface area (Å²) in [6.07, 6.45) is 4.79. The van der Waals surface area contributed by atoms with Crippen molar-refractivity contribution in [3.8, 4) is 5.75 Å². The van der Waals surface area contributed by atoms with E-state index in [0.29, 0.717) is 29.3 Å². The maximum absolute atomic E-state index is 12.7. The van der Waals surface area contributed by atoms with Crippen LogP contribution < -0.4 is 15.6 Å². The summed E-state index contributed by atoms with van der Waals surface area (Å²) in [5.74, 6) is 0.421. The second-order valence-electron chi connectivity index (χ2n) is 6.30. The molecule has 1 saturated heterocycles. The lowest BCUT2D eigenvalue weighted by Gasteiger charge is -2.26. The summed E-state index contributed by atoms with van der Waals surface area (Å²) >= 11 is 0. The summed E-state index contributed by atoms with van der Waals surface area (Å²) in [6.45, 7) is 3.88. The normalized spacial score (nSPS) is 14.2. The van der Waals surface area contributed by atoms with Gasteiger partial charge in [0.25, 0.3) is 11.5 Å². The van der Waals surface area contributed by atoms with Crippen LogP contribution in [-0.4, -0.2) is 40.3 Å². The van der Waals surface area contributed by atoms with Gasteiger partial charge in [0.2, 0.25) is 0 Å². The second kappa shape index (κ2) is 8.03. The minimum Gasteiger partial charge on any atom is -0.490 e. The molecule has 1 aromatic heterocycles. The monoisotopic (exact) mass is 356 g/mol. The number of anilines is 2. The van der Waals surface area contributed by atoms with E-state index in [2.05, 4.69) is 10.4 Å². The number of carbonyl (C=O) groups excluding carboxylic acids is 1. The van der Waals surface area contributed by atoms with E-state index in [0.717, 1.165) is 25.9 Å². The molecule has 1 aliphatic heterocycles. The molecule has 1 aromatic carbocycles. The van der Waals surface area contributed by atoms with Crippen molar-refractivity contribution in [2.24, 2.45) is 7.05 Å². The Morgan fingerprint density at radius 3 is 2.77 bits per heavy atom. The first-order valence-corrected chi connectivity index (χ1v) is 8.95. The minimum absolute atomic E-state index is 0.0287. The molecule has 1 N–H and O–H groups in total.